The van der Waals surface area contributed by atoms with E-state index in [1.54, 1.807) is 0 Å². The van der Waals surface area contributed by atoms with E-state index < -0.39 is 0 Å². The molecule has 0 radical (unpaired) electrons. The molecule has 2 rings (SSSR count). The topological polar surface area (TPSA) is 28.2 Å². The summed E-state index contributed by atoms with van der Waals surface area (Å²) in [6.07, 6.45) is 1.89. The molecule has 0 saturated heterocycles. The minimum absolute atomic E-state index is 0.211. The van der Waals surface area contributed by atoms with Gasteiger partial charge in [-0.2, -0.15) is 0 Å². The van der Waals surface area contributed by atoms with Crippen LogP contribution in [0.2, 0.25) is 5.02 Å². The number of halogens is 1. The number of aromatic nitrogens is 1. The summed E-state index contributed by atoms with van der Waals surface area (Å²) in [6.45, 7) is 8.34. The molecular weight excluding hydrogens is 282 g/mol. The van der Waals surface area contributed by atoms with E-state index in [0.29, 0.717) is 0 Å². The number of hydrogen-bond donors (Lipinski definition) is 1. The van der Waals surface area contributed by atoms with Crippen LogP contribution < -0.4 is 10.2 Å². The van der Waals surface area contributed by atoms with Crippen LogP contribution in [0.25, 0.3) is 0 Å². The highest BCUT2D eigenvalue weighted by atomic mass is 35.5. The highest BCUT2D eigenvalue weighted by Gasteiger charge is 2.07. The second-order valence-corrected chi connectivity index (χ2v) is 5.43. The monoisotopic (exact) mass is 303 g/mol. The molecule has 1 N–H and O–H groups in total. The van der Waals surface area contributed by atoms with Gasteiger partial charge in [0.2, 0.25) is 0 Å². The summed E-state index contributed by atoms with van der Waals surface area (Å²) in [4.78, 5) is 6.75. The zero-order chi connectivity index (χ0) is 15.2. The molecule has 0 aliphatic rings. The van der Waals surface area contributed by atoms with Crippen LogP contribution >= 0.6 is 11.6 Å². The Morgan fingerprint density at radius 2 is 1.76 bits per heavy atom. The molecule has 1 aromatic carbocycles. The second kappa shape index (κ2) is 7.32. The molecule has 1 aromatic heterocycles. The first-order valence-corrected chi connectivity index (χ1v) is 7.74. The minimum Gasteiger partial charge on any atom is -0.377 e. The summed E-state index contributed by atoms with van der Waals surface area (Å²) in [5.74, 6) is 1.02. The maximum Gasteiger partial charge on any atom is 0.128 e. The van der Waals surface area contributed by atoms with E-state index in [0.717, 1.165) is 29.6 Å². The van der Waals surface area contributed by atoms with Crippen molar-refractivity contribution < 1.29 is 0 Å². The van der Waals surface area contributed by atoms with Gasteiger partial charge in [0.05, 0.1) is 11.9 Å². The maximum absolute atomic E-state index is 5.92. The van der Waals surface area contributed by atoms with Crippen LogP contribution in [0, 0.1) is 0 Å². The van der Waals surface area contributed by atoms with Gasteiger partial charge in [-0.1, -0.05) is 23.7 Å². The van der Waals surface area contributed by atoms with E-state index in [4.69, 9.17) is 11.6 Å². The lowest BCUT2D eigenvalue weighted by molar-refractivity contribution is 0.843. The predicted octanol–water partition coefficient (Wildman–Crippen LogP) is 4.75. The summed E-state index contributed by atoms with van der Waals surface area (Å²) in [5, 5.41) is 4.22. The third-order valence-corrected chi connectivity index (χ3v) is 3.84. The molecule has 4 heteroatoms. The maximum atomic E-state index is 5.92. The van der Waals surface area contributed by atoms with Crippen LogP contribution in [-0.2, 0) is 0 Å². The van der Waals surface area contributed by atoms with Crippen molar-refractivity contribution in [2.45, 2.75) is 26.8 Å². The Hall–Kier alpha value is -1.74. The molecule has 0 aliphatic carbocycles. The Labute approximate surface area is 132 Å². The van der Waals surface area contributed by atoms with Gasteiger partial charge in [0.15, 0.2) is 0 Å². The van der Waals surface area contributed by atoms with E-state index in [2.05, 4.69) is 48.1 Å². The summed E-state index contributed by atoms with van der Waals surface area (Å²) in [5.41, 5.74) is 2.22. The summed E-state index contributed by atoms with van der Waals surface area (Å²) in [7, 11) is 0. The number of nitrogens with one attached hydrogen (secondary N) is 1. The first-order valence-electron chi connectivity index (χ1n) is 7.37. The molecule has 1 heterocycles. The highest BCUT2D eigenvalue weighted by molar-refractivity contribution is 6.30. The molecule has 3 nitrogen and oxygen atoms in total. The quantitative estimate of drug-likeness (QED) is 0.834. The van der Waals surface area contributed by atoms with Crippen molar-refractivity contribution >= 4 is 23.1 Å². The van der Waals surface area contributed by atoms with E-state index >= 15 is 0 Å². The van der Waals surface area contributed by atoms with Gasteiger partial charge in [-0.25, -0.2) is 4.98 Å². The van der Waals surface area contributed by atoms with E-state index in [1.165, 1.54) is 5.56 Å². The number of nitrogens with zero attached hydrogens (tertiary/aromatic N) is 2. The van der Waals surface area contributed by atoms with Gasteiger partial charge in [-0.3, -0.25) is 0 Å². The molecular formula is C17H22ClN3. The van der Waals surface area contributed by atoms with Crippen molar-refractivity contribution in [3.63, 3.8) is 0 Å². The Morgan fingerprint density at radius 1 is 1.10 bits per heavy atom. The third kappa shape index (κ3) is 4.11. The molecule has 0 saturated carbocycles. The number of hydrogen-bond acceptors (Lipinski definition) is 3. The number of pyridine rings is 1. The third-order valence-electron chi connectivity index (χ3n) is 3.59. The van der Waals surface area contributed by atoms with Gasteiger partial charge in [0.25, 0.3) is 0 Å². The van der Waals surface area contributed by atoms with E-state index in [-0.39, 0.29) is 6.04 Å². The highest BCUT2D eigenvalue weighted by Crippen LogP contribution is 2.21. The fourth-order valence-corrected chi connectivity index (χ4v) is 2.42. The zero-order valence-electron chi connectivity index (χ0n) is 12.8. The van der Waals surface area contributed by atoms with Crippen molar-refractivity contribution in [3.05, 3.63) is 53.2 Å². The Morgan fingerprint density at radius 3 is 2.29 bits per heavy atom. The minimum atomic E-state index is 0.211. The zero-order valence-corrected chi connectivity index (χ0v) is 13.6. The van der Waals surface area contributed by atoms with Gasteiger partial charge in [-0.15, -0.1) is 0 Å². The van der Waals surface area contributed by atoms with Crippen molar-refractivity contribution in [1.82, 2.24) is 4.98 Å². The molecule has 0 fully saturated rings. The number of rotatable bonds is 6. The van der Waals surface area contributed by atoms with Crippen LogP contribution in [0.1, 0.15) is 32.4 Å². The van der Waals surface area contributed by atoms with E-state index in [9.17, 15) is 0 Å². The Bertz CT molecular complexity index is 547. The van der Waals surface area contributed by atoms with Crippen LogP contribution in [0.3, 0.4) is 0 Å². The lowest BCUT2D eigenvalue weighted by atomic mass is 10.1. The molecule has 112 valence electrons. The smallest absolute Gasteiger partial charge is 0.128 e. The SMILES string of the molecule is CCN(CC)c1ccc(NC(C)c2ccc(Cl)cc2)cn1. The Kier molecular flexibility index (Phi) is 5.45. The predicted molar refractivity (Wildman–Crippen MR) is 91.3 cm³/mol. The molecule has 0 aliphatic heterocycles. The van der Waals surface area contributed by atoms with Crippen molar-refractivity contribution in [1.29, 1.82) is 0 Å². The second-order valence-electron chi connectivity index (χ2n) is 4.99. The van der Waals surface area contributed by atoms with Gasteiger partial charge in [-0.05, 0) is 50.6 Å². The normalized spacial score (nSPS) is 12.0. The van der Waals surface area contributed by atoms with Crippen LogP contribution in [-0.4, -0.2) is 18.1 Å². The standard InChI is InChI=1S/C17H22ClN3/c1-4-21(5-2)17-11-10-16(12-19-17)20-13(3)14-6-8-15(18)9-7-14/h6-13,20H,4-5H2,1-3H3. The van der Waals surface area contributed by atoms with Gasteiger partial charge in [0.1, 0.15) is 5.82 Å². The number of benzene rings is 1. The average molecular weight is 304 g/mol. The van der Waals surface area contributed by atoms with Crippen LogP contribution in [0.5, 0.6) is 0 Å². The lowest BCUT2D eigenvalue weighted by Crippen LogP contribution is -2.22. The summed E-state index contributed by atoms with van der Waals surface area (Å²) >= 11 is 5.92. The number of anilines is 2. The van der Waals surface area contributed by atoms with Crippen molar-refractivity contribution in [2.24, 2.45) is 0 Å². The molecule has 21 heavy (non-hydrogen) atoms. The molecule has 0 amide bonds. The molecule has 2 aromatic rings. The lowest BCUT2D eigenvalue weighted by Gasteiger charge is -2.20. The van der Waals surface area contributed by atoms with Crippen molar-refractivity contribution in [2.75, 3.05) is 23.3 Å². The van der Waals surface area contributed by atoms with Crippen LogP contribution in [0.4, 0.5) is 11.5 Å². The Balaban J connectivity index is 2.04. The molecule has 1 unspecified atom stereocenters. The van der Waals surface area contributed by atoms with Gasteiger partial charge >= 0.3 is 0 Å². The fraction of sp³-hybridized carbons (Fsp3) is 0.353. The summed E-state index contributed by atoms with van der Waals surface area (Å²) in [6, 6.07) is 12.3. The molecule has 0 spiro atoms. The fourth-order valence-electron chi connectivity index (χ4n) is 2.29. The first-order chi connectivity index (χ1) is 10.1. The molecule has 0 bridgehead atoms. The van der Waals surface area contributed by atoms with E-state index in [1.807, 2.05) is 30.5 Å². The van der Waals surface area contributed by atoms with Gasteiger partial charge < -0.3 is 10.2 Å². The largest absolute Gasteiger partial charge is 0.377 e. The average Bonchev–Trinajstić information content (AvgIpc) is 2.51. The van der Waals surface area contributed by atoms with Crippen LogP contribution in [0.15, 0.2) is 42.6 Å². The molecule has 1 atom stereocenters. The van der Waals surface area contributed by atoms with Crippen molar-refractivity contribution in [3.8, 4) is 0 Å². The van der Waals surface area contributed by atoms with Gasteiger partial charge in [0, 0.05) is 24.2 Å². The summed E-state index contributed by atoms with van der Waals surface area (Å²) < 4.78 is 0. The first kappa shape index (κ1) is 15.6.